The molecule has 0 saturated heterocycles. The molecule has 0 fully saturated rings. The number of hydrogen-bond donors (Lipinski definition) is 0. The van der Waals surface area contributed by atoms with Gasteiger partial charge < -0.3 is 4.52 Å². The van der Waals surface area contributed by atoms with Crippen LogP contribution in [-0.4, -0.2) is 5.45 Å². The van der Waals surface area contributed by atoms with Gasteiger partial charge in [0, 0.05) is 16.7 Å². The Bertz CT molecular complexity index is 1460. The molecule has 170 valence electrons. The second kappa shape index (κ2) is 9.97. The van der Waals surface area contributed by atoms with Crippen LogP contribution in [0.4, 0.5) is 0 Å². The SMILES string of the molecule is N#CCC(c1ccccc1)[P@]1(=O)OC(c2ccccc2)=C(c2ccccc2)N=C1c1ccccc1. The predicted octanol–water partition coefficient (Wildman–Crippen LogP) is 7.92. The standard InChI is InChI=1S/C30H23N2O2P/c31-22-21-27(23-13-5-1-6-14-23)35(33)30(26-19-11-4-12-20-26)32-28(24-15-7-2-8-16-24)29(34-35)25-17-9-3-10-18-25/h1-20,27H,21H2/t27?,35-/m0/s1. The number of nitrogens with zero attached hydrogens (tertiary/aromatic N) is 2. The van der Waals surface area contributed by atoms with Gasteiger partial charge in [-0.3, -0.25) is 4.57 Å². The maximum absolute atomic E-state index is 15.1. The molecule has 0 aliphatic carbocycles. The van der Waals surface area contributed by atoms with Crippen molar-refractivity contribution < 1.29 is 9.09 Å². The highest BCUT2D eigenvalue weighted by Gasteiger charge is 2.46. The van der Waals surface area contributed by atoms with Gasteiger partial charge in [0.25, 0.3) is 0 Å². The average Bonchev–Trinajstić information content (AvgIpc) is 2.93. The molecule has 1 heterocycles. The van der Waals surface area contributed by atoms with Crippen LogP contribution in [-0.2, 0) is 9.09 Å². The van der Waals surface area contributed by atoms with E-state index in [0.717, 1.165) is 22.3 Å². The van der Waals surface area contributed by atoms with Gasteiger partial charge in [-0.25, -0.2) is 4.99 Å². The zero-order valence-electron chi connectivity index (χ0n) is 19.0. The summed E-state index contributed by atoms with van der Waals surface area (Å²) in [5.74, 6) is 0.457. The second-order valence-electron chi connectivity index (χ2n) is 8.19. The lowest BCUT2D eigenvalue weighted by atomic mass is 10.1. The van der Waals surface area contributed by atoms with E-state index in [1.165, 1.54) is 0 Å². The molecule has 2 atom stereocenters. The van der Waals surface area contributed by atoms with Crippen LogP contribution in [0, 0.1) is 11.3 Å². The van der Waals surface area contributed by atoms with E-state index in [1.54, 1.807) is 0 Å². The summed E-state index contributed by atoms with van der Waals surface area (Å²) < 4.78 is 21.7. The second-order valence-corrected chi connectivity index (χ2v) is 10.6. The molecular weight excluding hydrogens is 451 g/mol. The van der Waals surface area contributed by atoms with Gasteiger partial charge >= 0.3 is 7.37 Å². The Hall–Kier alpha value is -4.19. The summed E-state index contributed by atoms with van der Waals surface area (Å²) in [6.07, 6.45) is 0.0376. The third-order valence-corrected chi connectivity index (χ3v) is 8.65. The van der Waals surface area contributed by atoms with Crippen molar-refractivity contribution in [3.05, 3.63) is 144 Å². The van der Waals surface area contributed by atoms with Crippen molar-refractivity contribution in [1.29, 1.82) is 5.26 Å². The van der Waals surface area contributed by atoms with Crippen LogP contribution >= 0.6 is 7.37 Å². The van der Waals surface area contributed by atoms with Crippen molar-refractivity contribution in [3.8, 4) is 6.07 Å². The smallest absolute Gasteiger partial charge is 0.304 e. The molecule has 0 radical (unpaired) electrons. The lowest BCUT2D eigenvalue weighted by Gasteiger charge is -2.33. The van der Waals surface area contributed by atoms with Crippen molar-refractivity contribution in [2.45, 2.75) is 12.1 Å². The van der Waals surface area contributed by atoms with Crippen LogP contribution in [0.1, 0.15) is 34.3 Å². The average molecular weight is 475 g/mol. The Morgan fingerprint density at radius 1 is 0.714 bits per heavy atom. The molecule has 1 aliphatic heterocycles. The van der Waals surface area contributed by atoms with E-state index in [4.69, 9.17) is 9.52 Å². The van der Waals surface area contributed by atoms with Gasteiger partial charge in [-0.2, -0.15) is 5.26 Å². The number of nitriles is 1. The molecule has 4 aromatic carbocycles. The predicted molar refractivity (Wildman–Crippen MR) is 141 cm³/mol. The normalized spacial score (nSPS) is 18.2. The highest BCUT2D eigenvalue weighted by atomic mass is 31.2. The molecular formula is C30H23N2O2P. The zero-order chi connectivity index (χ0) is 24.1. The van der Waals surface area contributed by atoms with Crippen LogP contribution in [0.5, 0.6) is 0 Å². The molecule has 4 nitrogen and oxygen atoms in total. The lowest BCUT2D eigenvalue weighted by Crippen LogP contribution is -2.17. The first-order chi connectivity index (χ1) is 17.2. The van der Waals surface area contributed by atoms with Crippen LogP contribution < -0.4 is 0 Å². The van der Waals surface area contributed by atoms with Gasteiger partial charge in [0.05, 0.1) is 18.1 Å². The van der Waals surface area contributed by atoms with Crippen LogP contribution in [0.15, 0.2) is 126 Å². The van der Waals surface area contributed by atoms with Gasteiger partial charge in [0.2, 0.25) is 0 Å². The monoisotopic (exact) mass is 474 g/mol. The largest absolute Gasteiger partial charge is 0.435 e. The molecule has 0 N–H and O–H groups in total. The molecule has 0 spiro atoms. The van der Waals surface area contributed by atoms with Crippen molar-refractivity contribution in [2.24, 2.45) is 4.99 Å². The molecule has 5 rings (SSSR count). The molecule has 4 aromatic rings. The van der Waals surface area contributed by atoms with E-state index < -0.39 is 13.0 Å². The minimum Gasteiger partial charge on any atom is -0.435 e. The topological polar surface area (TPSA) is 62.5 Å². The van der Waals surface area contributed by atoms with E-state index in [9.17, 15) is 5.26 Å². The Kier molecular flexibility index (Phi) is 6.44. The maximum Gasteiger partial charge on any atom is 0.304 e. The Balaban J connectivity index is 1.79. The van der Waals surface area contributed by atoms with Gasteiger partial charge in [-0.15, -0.1) is 0 Å². The van der Waals surface area contributed by atoms with Crippen LogP contribution in [0.3, 0.4) is 0 Å². The van der Waals surface area contributed by atoms with Crippen molar-refractivity contribution in [2.75, 3.05) is 0 Å². The van der Waals surface area contributed by atoms with E-state index in [1.807, 2.05) is 121 Å². The van der Waals surface area contributed by atoms with E-state index in [2.05, 4.69) is 6.07 Å². The fourth-order valence-corrected chi connectivity index (χ4v) is 6.86. The number of benzene rings is 4. The molecule has 0 bridgehead atoms. The van der Waals surface area contributed by atoms with E-state index >= 15 is 4.57 Å². The summed E-state index contributed by atoms with van der Waals surface area (Å²) in [7, 11) is -3.70. The van der Waals surface area contributed by atoms with Gasteiger partial charge in [-0.1, -0.05) is 121 Å². The lowest BCUT2D eigenvalue weighted by molar-refractivity contribution is 0.459. The molecule has 0 saturated carbocycles. The minimum absolute atomic E-state index is 0.0376. The molecule has 1 unspecified atom stereocenters. The molecule has 5 heteroatoms. The maximum atomic E-state index is 15.1. The molecule has 0 amide bonds. The summed E-state index contributed by atoms with van der Waals surface area (Å²) in [5, 5.41) is 9.73. The number of aliphatic imine (C=N–C) groups is 1. The summed E-state index contributed by atoms with van der Waals surface area (Å²) in [4.78, 5) is 5.06. The molecule has 0 aromatic heterocycles. The Morgan fingerprint density at radius 2 is 1.20 bits per heavy atom. The van der Waals surface area contributed by atoms with Crippen molar-refractivity contribution in [3.63, 3.8) is 0 Å². The zero-order valence-corrected chi connectivity index (χ0v) is 19.9. The number of rotatable bonds is 6. The highest BCUT2D eigenvalue weighted by Crippen LogP contribution is 2.68. The van der Waals surface area contributed by atoms with Crippen LogP contribution in [0.2, 0.25) is 0 Å². The highest BCUT2D eigenvalue weighted by molar-refractivity contribution is 7.78. The fraction of sp³-hybridized carbons (Fsp3) is 0.0667. The fourth-order valence-electron chi connectivity index (χ4n) is 4.26. The van der Waals surface area contributed by atoms with Crippen molar-refractivity contribution in [1.82, 2.24) is 0 Å². The minimum atomic E-state index is -3.70. The first-order valence-corrected chi connectivity index (χ1v) is 13.1. The van der Waals surface area contributed by atoms with E-state index in [0.29, 0.717) is 16.9 Å². The van der Waals surface area contributed by atoms with Gasteiger partial charge in [0.15, 0.2) is 5.76 Å². The summed E-state index contributed by atoms with van der Waals surface area (Å²) in [6, 6.07) is 40.5. The summed E-state index contributed by atoms with van der Waals surface area (Å²) in [5.41, 5.74) is 3.48. The third-order valence-electron chi connectivity index (χ3n) is 5.95. The Morgan fingerprint density at radius 3 is 1.74 bits per heavy atom. The first kappa shape index (κ1) is 22.6. The number of hydrogen-bond acceptors (Lipinski definition) is 4. The first-order valence-electron chi connectivity index (χ1n) is 11.4. The summed E-state index contributed by atoms with van der Waals surface area (Å²) in [6.45, 7) is 0. The van der Waals surface area contributed by atoms with Gasteiger partial charge in [-0.05, 0) is 5.56 Å². The molecule has 1 aliphatic rings. The molecule has 35 heavy (non-hydrogen) atoms. The van der Waals surface area contributed by atoms with Crippen LogP contribution in [0.25, 0.3) is 11.5 Å². The summed E-state index contributed by atoms with van der Waals surface area (Å²) >= 11 is 0. The van der Waals surface area contributed by atoms with Crippen molar-refractivity contribution >= 4 is 24.3 Å². The Labute approximate surface area is 205 Å². The van der Waals surface area contributed by atoms with Gasteiger partial charge in [0.1, 0.15) is 11.1 Å². The third kappa shape index (κ3) is 4.47. The quantitative estimate of drug-likeness (QED) is 0.267. The van der Waals surface area contributed by atoms with E-state index in [-0.39, 0.29) is 6.42 Å².